The van der Waals surface area contributed by atoms with Crippen LogP contribution in [0.5, 0.6) is 0 Å². The standard InChI is InChI=1S/C23H24ClF2NO4S/c1-12-19(8-7-18(25)21(12)26)27-22(28)13-3-6-17(24)20(9-13)32(30,31)16-10-14-4-5-15(11-16)23(14,2)29/h3,6-9,14-16,29H,4-5,10-11H2,1-2H3,(H,27,28)/t14-,15?,16-,23-/m0/s1. The third-order valence-electron chi connectivity index (χ3n) is 7.14. The molecule has 0 aliphatic heterocycles. The molecule has 2 aromatic carbocycles. The molecule has 1 unspecified atom stereocenters. The highest BCUT2D eigenvalue weighted by Gasteiger charge is 2.53. The number of fused-ring (bicyclic) bond motifs is 2. The number of carbonyl (C=O) groups excluding carboxylic acids is 1. The van der Waals surface area contributed by atoms with Crippen molar-refractivity contribution in [2.24, 2.45) is 11.8 Å². The van der Waals surface area contributed by atoms with Crippen molar-refractivity contribution in [3.63, 3.8) is 0 Å². The molecule has 0 radical (unpaired) electrons. The molecule has 2 N–H and O–H groups in total. The first-order chi connectivity index (χ1) is 14.9. The number of anilines is 1. The Morgan fingerprint density at radius 3 is 2.41 bits per heavy atom. The summed E-state index contributed by atoms with van der Waals surface area (Å²) in [6, 6.07) is 6.08. The van der Waals surface area contributed by atoms with E-state index in [1.165, 1.54) is 31.2 Å². The Morgan fingerprint density at radius 1 is 1.16 bits per heavy atom. The lowest BCUT2D eigenvalue weighted by Gasteiger charge is -2.40. The fourth-order valence-electron chi connectivity index (χ4n) is 5.04. The van der Waals surface area contributed by atoms with E-state index in [1.807, 2.05) is 0 Å². The molecule has 32 heavy (non-hydrogen) atoms. The van der Waals surface area contributed by atoms with E-state index < -0.39 is 38.2 Å². The van der Waals surface area contributed by atoms with Crippen molar-refractivity contribution in [3.05, 3.63) is 58.1 Å². The molecule has 4 rings (SSSR count). The number of nitrogens with one attached hydrogen (secondary N) is 1. The predicted octanol–water partition coefficient (Wildman–Crippen LogP) is 4.89. The molecule has 2 fully saturated rings. The van der Waals surface area contributed by atoms with Crippen molar-refractivity contribution in [1.82, 2.24) is 0 Å². The third-order valence-corrected chi connectivity index (χ3v) is 9.79. The number of hydrogen-bond donors (Lipinski definition) is 2. The van der Waals surface area contributed by atoms with Crippen molar-refractivity contribution in [1.29, 1.82) is 0 Å². The average Bonchev–Trinajstić information content (AvgIpc) is 2.91. The van der Waals surface area contributed by atoms with Gasteiger partial charge >= 0.3 is 0 Å². The number of sulfone groups is 1. The van der Waals surface area contributed by atoms with E-state index in [0.717, 1.165) is 18.9 Å². The minimum Gasteiger partial charge on any atom is -0.390 e. The lowest BCUT2D eigenvalue weighted by Crippen LogP contribution is -2.45. The van der Waals surface area contributed by atoms with Crippen LogP contribution in [0.4, 0.5) is 14.5 Å². The summed E-state index contributed by atoms with van der Waals surface area (Å²) in [6.07, 6.45) is 2.25. The van der Waals surface area contributed by atoms with Crippen molar-refractivity contribution in [2.75, 3.05) is 5.32 Å². The second kappa shape index (κ2) is 8.08. The Balaban J connectivity index is 1.62. The number of aliphatic hydroxyl groups is 1. The minimum absolute atomic E-state index is 0.00948. The molecule has 4 atom stereocenters. The zero-order valence-corrected chi connectivity index (χ0v) is 19.2. The second-order valence-electron chi connectivity index (χ2n) is 8.97. The molecule has 0 spiro atoms. The maximum Gasteiger partial charge on any atom is 0.255 e. The average molecular weight is 484 g/mol. The van der Waals surface area contributed by atoms with Crippen LogP contribution in [0, 0.1) is 30.4 Å². The zero-order valence-electron chi connectivity index (χ0n) is 17.7. The molecule has 0 saturated heterocycles. The Kier molecular flexibility index (Phi) is 5.84. The van der Waals surface area contributed by atoms with Crippen LogP contribution < -0.4 is 5.32 Å². The highest BCUT2D eigenvalue weighted by molar-refractivity contribution is 7.92. The molecule has 2 saturated carbocycles. The molecule has 0 aromatic heterocycles. The summed E-state index contributed by atoms with van der Waals surface area (Å²) >= 11 is 6.22. The monoisotopic (exact) mass is 483 g/mol. The molecule has 9 heteroatoms. The van der Waals surface area contributed by atoms with Crippen molar-refractivity contribution in [3.8, 4) is 0 Å². The molecule has 172 valence electrons. The van der Waals surface area contributed by atoms with Gasteiger partial charge in [-0.05, 0) is 81.7 Å². The van der Waals surface area contributed by atoms with Gasteiger partial charge in [0.05, 0.1) is 20.8 Å². The molecular weight excluding hydrogens is 460 g/mol. The van der Waals surface area contributed by atoms with Gasteiger partial charge in [-0.2, -0.15) is 0 Å². The van der Waals surface area contributed by atoms with Crippen LogP contribution >= 0.6 is 11.6 Å². The van der Waals surface area contributed by atoms with Crippen LogP contribution in [0.15, 0.2) is 35.2 Å². The third kappa shape index (κ3) is 3.82. The summed E-state index contributed by atoms with van der Waals surface area (Å²) in [4.78, 5) is 12.6. The summed E-state index contributed by atoms with van der Waals surface area (Å²) in [7, 11) is -3.85. The normalized spacial score (nSPS) is 27.4. The number of benzene rings is 2. The van der Waals surface area contributed by atoms with E-state index in [9.17, 15) is 27.1 Å². The number of hydrogen-bond acceptors (Lipinski definition) is 4. The molecule has 2 aromatic rings. The first-order valence-electron chi connectivity index (χ1n) is 10.4. The quantitative estimate of drug-likeness (QED) is 0.648. The predicted molar refractivity (Wildman–Crippen MR) is 118 cm³/mol. The van der Waals surface area contributed by atoms with Gasteiger partial charge in [0, 0.05) is 16.8 Å². The van der Waals surface area contributed by atoms with E-state index in [-0.39, 0.29) is 38.6 Å². The maximum absolute atomic E-state index is 13.8. The first kappa shape index (κ1) is 23.1. The molecule has 2 aliphatic rings. The van der Waals surface area contributed by atoms with E-state index in [1.54, 1.807) is 6.92 Å². The Hall–Kier alpha value is -2.03. The lowest BCUT2D eigenvalue weighted by molar-refractivity contribution is -0.0413. The smallest absolute Gasteiger partial charge is 0.255 e. The summed E-state index contributed by atoms with van der Waals surface area (Å²) in [5.41, 5.74) is -0.813. The van der Waals surface area contributed by atoms with Crippen LogP contribution in [-0.2, 0) is 9.84 Å². The van der Waals surface area contributed by atoms with Crippen LogP contribution in [0.2, 0.25) is 5.02 Å². The van der Waals surface area contributed by atoms with E-state index in [0.29, 0.717) is 12.8 Å². The summed E-state index contributed by atoms with van der Waals surface area (Å²) in [5.74, 6) is -2.95. The van der Waals surface area contributed by atoms with E-state index in [4.69, 9.17) is 11.6 Å². The fourth-order valence-corrected chi connectivity index (χ4v) is 7.44. The van der Waals surface area contributed by atoms with Crippen LogP contribution in [0.3, 0.4) is 0 Å². The number of halogens is 3. The topological polar surface area (TPSA) is 83.5 Å². The van der Waals surface area contributed by atoms with Gasteiger partial charge in [0.15, 0.2) is 21.5 Å². The molecular formula is C23H24ClF2NO4S. The van der Waals surface area contributed by atoms with Gasteiger partial charge in [-0.3, -0.25) is 4.79 Å². The summed E-state index contributed by atoms with van der Waals surface area (Å²) < 4.78 is 54.0. The molecule has 2 aliphatic carbocycles. The van der Waals surface area contributed by atoms with Gasteiger partial charge in [-0.1, -0.05) is 11.6 Å². The summed E-state index contributed by atoms with van der Waals surface area (Å²) in [5, 5.41) is 12.5. The molecule has 5 nitrogen and oxygen atoms in total. The lowest BCUT2D eigenvalue weighted by atomic mass is 9.76. The highest BCUT2D eigenvalue weighted by atomic mass is 35.5. The van der Waals surface area contributed by atoms with Crippen molar-refractivity contribution in [2.45, 2.75) is 55.3 Å². The van der Waals surface area contributed by atoms with E-state index >= 15 is 0 Å². The Bertz CT molecular complexity index is 1180. The van der Waals surface area contributed by atoms with Gasteiger partial charge < -0.3 is 10.4 Å². The van der Waals surface area contributed by atoms with Crippen LogP contribution in [0.25, 0.3) is 0 Å². The molecule has 0 heterocycles. The van der Waals surface area contributed by atoms with E-state index in [2.05, 4.69) is 5.32 Å². The first-order valence-corrected chi connectivity index (χ1v) is 12.4. The summed E-state index contributed by atoms with van der Waals surface area (Å²) in [6.45, 7) is 3.11. The Morgan fingerprint density at radius 2 is 1.78 bits per heavy atom. The number of rotatable bonds is 4. The van der Waals surface area contributed by atoms with Gasteiger partial charge in [0.1, 0.15) is 0 Å². The van der Waals surface area contributed by atoms with Crippen LogP contribution in [-0.4, -0.2) is 30.3 Å². The van der Waals surface area contributed by atoms with Gasteiger partial charge in [-0.15, -0.1) is 0 Å². The van der Waals surface area contributed by atoms with Crippen molar-refractivity contribution >= 4 is 33.0 Å². The second-order valence-corrected chi connectivity index (χ2v) is 11.6. The maximum atomic E-state index is 13.8. The van der Waals surface area contributed by atoms with Gasteiger partial charge in [-0.25, -0.2) is 17.2 Å². The fraction of sp³-hybridized carbons (Fsp3) is 0.435. The number of amides is 1. The van der Waals surface area contributed by atoms with Crippen LogP contribution in [0.1, 0.15) is 48.5 Å². The SMILES string of the molecule is Cc1c(NC(=O)c2ccc(Cl)c(S(=O)(=O)[C@@H]3CC4CC[C@@H](C3)[C@]4(C)O)c2)ccc(F)c1F. The van der Waals surface area contributed by atoms with Crippen molar-refractivity contribution < 1.29 is 27.1 Å². The van der Waals surface area contributed by atoms with Gasteiger partial charge in [0.2, 0.25) is 0 Å². The van der Waals surface area contributed by atoms with Gasteiger partial charge in [0.25, 0.3) is 5.91 Å². The largest absolute Gasteiger partial charge is 0.390 e. The Labute approximate surface area is 190 Å². The molecule has 1 amide bonds. The molecule has 2 bridgehead atoms. The zero-order chi connectivity index (χ0) is 23.4. The highest BCUT2D eigenvalue weighted by Crippen LogP contribution is 2.51. The number of carbonyl (C=O) groups is 1. The minimum atomic E-state index is -3.85.